The lowest BCUT2D eigenvalue weighted by atomic mass is 9.99. The number of carbonyl (C=O) groups excluding carboxylic acids is 3. The third kappa shape index (κ3) is 11.9. The van der Waals surface area contributed by atoms with E-state index in [0.29, 0.717) is 22.6 Å². The van der Waals surface area contributed by atoms with E-state index in [1.54, 1.807) is 30.3 Å². The molecule has 4 aromatic carbocycles. The van der Waals surface area contributed by atoms with Crippen molar-refractivity contribution in [3.05, 3.63) is 102 Å². The van der Waals surface area contributed by atoms with Gasteiger partial charge in [0.25, 0.3) is 0 Å². The Morgan fingerprint density at radius 1 is 0.657 bits per heavy atom. The minimum Gasteiger partial charge on any atom is -0.507 e. The standard InChI is InChI=1S/C48H46O19/c1-59-36-16-25(9-13-32(36)52)7-11-28(49)20-29(50)12-8-26-10-14-34(37(17-26)60-2)63-15-5-6-42(54)64-24-41-44(56)45(57)46(58)48(67-41)66-40-23-31-33(53)21-30(51)22-35(31)65-47(40)27-18-38(61-3)43(55)39(19-27)62-4/h5-14,16-19,21-23,41,44-46,48,56-58H,15,20,24H2,1-4H3,(H3-,49,51,52,53,55)/p+1/b6-5+,12-8+/t41-,44+,45+,46-,48-/m1/s1. The summed E-state index contributed by atoms with van der Waals surface area (Å²) in [6.45, 7) is -0.732. The maximum absolute atomic E-state index is 12.7. The molecule has 19 nitrogen and oxygen atoms in total. The van der Waals surface area contributed by atoms with Gasteiger partial charge in [-0.05, 0) is 53.6 Å². The number of hydrogen-bond acceptors (Lipinski definition) is 18. The van der Waals surface area contributed by atoms with Gasteiger partial charge in [-0.1, -0.05) is 24.3 Å². The van der Waals surface area contributed by atoms with E-state index in [9.17, 15) is 50.1 Å². The van der Waals surface area contributed by atoms with Gasteiger partial charge in [0, 0.05) is 30.3 Å². The highest BCUT2D eigenvalue weighted by Crippen LogP contribution is 2.45. The summed E-state index contributed by atoms with van der Waals surface area (Å²) in [6.07, 6.45) is -1.05. The fourth-order valence-electron chi connectivity index (χ4n) is 6.64. The molecule has 1 aliphatic rings. The predicted octanol–water partition coefficient (Wildman–Crippen LogP) is 4.86. The lowest BCUT2D eigenvalue weighted by Crippen LogP contribution is -2.60. The average Bonchev–Trinajstić information content (AvgIpc) is 3.31. The van der Waals surface area contributed by atoms with Crippen molar-refractivity contribution in [2.45, 2.75) is 37.1 Å². The Morgan fingerprint density at radius 3 is 1.93 bits per heavy atom. The topological polar surface area (TPSA) is 278 Å². The van der Waals surface area contributed by atoms with Crippen LogP contribution in [0.3, 0.4) is 0 Å². The van der Waals surface area contributed by atoms with E-state index in [1.807, 2.05) is 0 Å². The number of aliphatic hydroxyl groups excluding tert-OH is 3. The number of hydrogen-bond donors (Lipinski definition) is 7. The first-order chi connectivity index (χ1) is 32.1. The van der Waals surface area contributed by atoms with Gasteiger partial charge in [0.1, 0.15) is 54.5 Å². The summed E-state index contributed by atoms with van der Waals surface area (Å²) in [5.41, 5.74) is 1.36. The molecule has 0 amide bonds. The fraction of sp³-hybridized carbons (Fsp3) is 0.250. The monoisotopic (exact) mass is 927 g/mol. The number of aliphatic hydroxyl groups is 3. The number of allylic oxidation sites excluding steroid dienone is 2. The number of phenols is 4. The van der Waals surface area contributed by atoms with E-state index in [0.717, 1.165) is 12.1 Å². The van der Waals surface area contributed by atoms with Gasteiger partial charge in [-0.15, -0.1) is 0 Å². The molecule has 1 aromatic heterocycles. The Bertz CT molecular complexity index is 2680. The van der Waals surface area contributed by atoms with Crippen LogP contribution in [0.15, 0.2) is 95.5 Å². The molecule has 7 N–H and O–H groups in total. The molecule has 0 spiro atoms. The highest BCUT2D eigenvalue weighted by molar-refractivity contribution is 6.11. The Kier molecular flexibility index (Phi) is 15.9. The number of ether oxygens (including phenoxy) is 8. The van der Waals surface area contributed by atoms with Crippen molar-refractivity contribution in [3.63, 3.8) is 0 Å². The van der Waals surface area contributed by atoms with E-state index >= 15 is 0 Å². The summed E-state index contributed by atoms with van der Waals surface area (Å²) in [7, 11) is 5.42. The van der Waals surface area contributed by atoms with Crippen LogP contribution in [0.2, 0.25) is 0 Å². The number of esters is 1. The van der Waals surface area contributed by atoms with Gasteiger partial charge < -0.3 is 73.6 Å². The fourth-order valence-corrected chi connectivity index (χ4v) is 6.64. The van der Waals surface area contributed by atoms with Crippen molar-refractivity contribution in [1.82, 2.24) is 0 Å². The molecule has 5 atom stereocenters. The van der Waals surface area contributed by atoms with Crippen LogP contribution in [0.1, 0.15) is 17.5 Å². The molecule has 0 saturated carbocycles. The van der Waals surface area contributed by atoms with E-state index in [1.165, 1.54) is 89.2 Å². The minimum absolute atomic E-state index is 0.00260. The number of benzene rings is 4. The number of aromatic hydroxyl groups is 4. The third-order valence-electron chi connectivity index (χ3n) is 10.1. The number of ketones is 2. The van der Waals surface area contributed by atoms with Crippen LogP contribution < -0.4 is 28.4 Å². The van der Waals surface area contributed by atoms with Crippen LogP contribution >= 0.6 is 0 Å². The molecule has 1 aliphatic heterocycles. The first-order valence-electron chi connectivity index (χ1n) is 20.2. The summed E-state index contributed by atoms with van der Waals surface area (Å²) in [4.78, 5) is 37.5. The Labute approximate surface area is 382 Å². The molecule has 352 valence electrons. The van der Waals surface area contributed by atoms with E-state index in [4.69, 9.17) is 42.3 Å². The summed E-state index contributed by atoms with van der Waals surface area (Å²) in [6, 6.07) is 15.7. The highest BCUT2D eigenvalue weighted by atomic mass is 16.7. The molecule has 5 aromatic rings. The van der Waals surface area contributed by atoms with Gasteiger partial charge in [0.2, 0.25) is 17.8 Å². The van der Waals surface area contributed by atoms with Crippen LogP contribution in [0.4, 0.5) is 0 Å². The molecule has 1 fully saturated rings. The molecule has 67 heavy (non-hydrogen) atoms. The molecule has 2 heterocycles. The first-order valence-corrected chi connectivity index (χ1v) is 20.2. The van der Waals surface area contributed by atoms with Crippen molar-refractivity contribution < 1.29 is 92.4 Å². The number of carbonyl (C=O) groups is 3. The largest absolute Gasteiger partial charge is 0.507 e. The normalized spacial score (nSPS) is 18.3. The highest BCUT2D eigenvalue weighted by Gasteiger charge is 2.46. The molecule has 1 saturated heterocycles. The van der Waals surface area contributed by atoms with Gasteiger partial charge in [0.15, 0.2) is 46.1 Å². The summed E-state index contributed by atoms with van der Waals surface area (Å²) in [5, 5.41) is 73.5. The van der Waals surface area contributed by atoms with Crippen LogP contribution in [-0.2, 0) is 23.9 Å². The SMILES string of the molecule is COc1cc(/C=C/C(=O)CC(=O)/C=C/c2ccc(OC/C=C/C(=O)OC[C@H]3O[C@@H](Oc4cc5c(O)cc(O)cc5[o+]c4-c4cc(OC)c(O)c(OC)c4)[C@H](O)[C@@H](O)[C@H]3O)c(OC)c2)ccc1O. The van der Waals surface area contributed by atoms with Crippen molar-refractivity contribution in [3.8, 4) is 68.8 Å². The number of methoxy groups -OCH3 is 4. The van der Waals surface area contributed by atoms with Crippen LogP contribution in [0.5, 0.6) is 57.5 Å². The second-order valence-corrected chi connectivity index (χ2v) is 14.6. The second-order valence-electron chi connectivity index (χ2n) is 14.6. The molecule has 0 bridgehead atoms. The molecular weight excluding hydrogens is 881 g/mol. The quantitative estimate of drug-likeness (QED) is 0.0252. The van der Waals surface area contributed by atoms with Crippen molar-refractivity contribution in [1.29, 1.82) is 0 Å². The van der Waals surface area contributed by atoms with E-state index in [-0.39, 0.29) is 75.6 Å². The number of rotatable bonds is 19. The molecule has 6 rings (SSSR count). The van der Waals surface area contributed by atoms with Gasteiger partial charge >= 0.3 is 17.3 Å². The maximum atomic E-state index is 12.7. The number of phenolic OH excluding ortho intramolecular Hbond substituents is 4. The zero-order valence-corrected chi connectivity index (χ0v) is 36.4. The molecule has 0 unspecified atom stereocenters. The van der Waals surface area contributed by atoms with E-state index in [2.05, 4.69) is 0 Å². The summed E-state index contributed by atoms with van der Waals surface area (Å²) in [5.74, 6) is -2.31. The second kappa shape index (κ2) is 21.9. The zero-order valence-electron chi connectivity index (χ0n) is 36.4. The third-order valence-corrected chi connectivity index (χ3v) is 10.1. The first kappa shape index (κ1) is 48.6. The van der Waals surface area contributed by atoms with Crippen molar-refractivity contribution >= 4 is 40.7 Å². The summed E-state index contributed by atoms with van der Waals surface area (Å²) < 4.78 is 49.9. The predicted molar refractivity (Wildman–Crippen MR) is 237 cm³/mol. The lowest BCUT2D eigenvalue weighted by Gasteiger charge is -2.39. The van der Waals surface area contributed by atoms with Crippen molar-refractivity contribution in [2.75, 3.05) is 41.7 Å². The minimum atomic E-state index is -1.86. The van der Waals surface area contributed by atoms with Crippen LogP contribution in [0, 0.1) is 0 Å². The summed E-state index contributed by atoms with van der Waals surface area (Å²) >= 11 is 0. The van der Waals surface area contributed by atoms with Gasteiger partial charge in [0.05, 0.1) is 46.5 Å². The lowest BCUT2D eigenvalue weighted by molar-refractivity contribution is -0.278. The molecular formula is C48H47O19+. The van der Waals surface area contributed by atoms with Gasteiger partial charge in [-0.2, -0.15) is 0 Å². The number of fused-ring (bicyclic) bond motifs is 1. The van der Waals surface area contributed by atoms with Gasteiger partial charge in [-0.25, -0.2) is 9.21 Å². The molecule has 0 radical (unpaired) electrons. The van der Waals surface area contributed by atoms with Crippen LogP contribution in [0.25, 0.3) is 34.4 Å². The van der Waals surface area contributed by atoms with Gasteiger partial charge in [-0.3, -0.25) is 9.59 Å². The smallest absolute Gasteiger partial charge is 0.402 e. The zero-order chi connectivity index (χ0) is 48.4. The Balaban J connectivity index is 1.05. The molecule has 19 heteroatoms. The van der Waals surface area contributed by atoms with E-state index < -0.39 is 60.6 Å². The molecule has 0 aliphatic carbocycles. The Hall–Kier alpha value is -7.84. The maximum Gasteiger partial charge on any atom is 0.402 e. The Morgan fingerprint density at radius 2 is 1.28 bits per heavy atom. The van der Waals surface area contributed by atoms with Crippen LogP contribution in [-0.4, -0.2) is 126 Å². The van der Waals surface area contributed by atoms with Crippen molar-refractivity contribution in [2.24, 2.45) is 0 Å². The average molecular weight is 928 g/mol.